The average Bonchev–Trinajstić information content (AvgIpc) is 3.01. The lowest BCUT2D eigenvalue weighted by molar-refractivity contribution is -0.122. The minimum Gasteiger partial charge on any atom is -0.323 e. The molecule has 2 heterocycles. The normalized spacial score (nSPS) is 22.6. The molecule has 0 aliphatic carbocycles. The van der Waals surface area contributed by atoms with Crippen LogP contribution in [0.1, 0.15) is 16.7 Å². The quantitative estimate of drug-likeness (QED) is 0.876. The summed E-state index contributed by atoms with van der Waals surface area (Å²) >= 11 is 1.39. The van der Waals surface area contributed by atoms with Crippen molar-refractivity contribution in [2.24, 2.45) is 0 Å². The zero-order valence-corrected chi connectivity index (χ0v) is 13.7. The second-order valence-electron chi connectivity index (χ2n) is 6.00. The average molecular weight is 324 g/mol. The molecule has 1 N–H and O–H groups in total. The van der Waals surface area contributed by atoms with Crippen LogP contribution >= 0.6 is 11.8 Å². The van der Waals surface area contributed by atoms with Crippen molar-refractivity contribution in [1.29, 1.82) is 0 Å². The number of aryl methyl sites for hydroxylation is 2. The number of anilines is 2. The summed E-state index contributed by atoms with van der Waals surface area (Å²) in [6.07, 6.45) is 0. The first kappa shape index (κ1) is 14.3. The van der Waals surface area contributed by atoms with E-state index in [2.05, 4.69) is 5.32 Å². The van der Waals surface area contributed by atoms with Gasteiger partial charge in [0.05, 0.1) is 5.75 Å². The summed E-state index contributed by atoms with van der Waals surface area (Å²) in [5, 5.41) is 2.94. The highest BCUT2D eigenvalue weighted by Gasteiger charge is 2.58. The van der Waals surface area contributed by atoms with Gasteiger partial charge in [-0.25, -0.2) is 0 Å². The number of hydrogen-bond donors (Lipinski definition) is 1. The Bertz CT molecular complexity index is 831. The summed E-state index contributed by atoms with van der Waals surface area (Å²) in [6, 6.07) is 13.6. The van der Waals surface area contributed by atoms with Gasteiger partial charge in [-0.05, 0) is 32.0 Å². The van der Waals surface area contributed by atoms with Crippen molar-refractivity contribution in [3.63, 3.8) is 0 Å². The number of amides is 2. The Balaban J connectivity index is 1.93. The van der Waals surface area contributed by atoms with Gasteiger partial charge < -0.3 is 5.32 Å². The van der Waals surface area contributed by atoms with Gasteiger partial charge in [0.1, 0.15) is 0 Å². The molecule has 1 fully saturated rings. The Morgan fingerprint density at radius 3 is 2.48 bits per heavy atom. The lowest BCUT2D eigenvalue weighted by Crippen LogP contribution is -2.47. The molecule has 4 rings (SSSR count). The van der Waals surface area contributed by atoms with Crippen LogP contribution in [-0.2, 0) is 14.5 Å². The van der Waals surface area contributed by atoms with Crippen molar-refractivity contribution in [1.82, 2.24) is 0 Å². The van der Waals surface area contributed by atoms with Gasteiger partial charge in [0.15, 0.2) is 0 Å². The Morgan fingerprint density at radius 1 is 1.04 bits per heavy atom. The molecule has 0 radical (unpaired) electrons. The number of rotatable bonds is 1. The SMILES string of the molecule is Cc1ccc(N2C(=O)CS[C@@]23C(=O)Nc2ccc(C)cc23)cc1. The zero-order chi connectivity index (χ0) is 16.2. The third-order valence-electron chi connectivity index (χ3n) is 4.36. The van der Waals surface area contributed by atoms with E-state index >= 15 is 0 Å². The molecule has 0 bridgehead atoms. The van der Waals surface area contributed by atoms with Gasteiger partial charge in [-0.15, -0.1) is 11.8 Å². The molecule has 2 aromatic rings. The van der Waals surface area contributed by atoms with Gasteiger partial charge in [-0.3, -0.25) is 14.5 Å². The van der Waals surface area contributed by atoms with E-state index in [-0.39, 0.29) is 11.8 Å². The largest absolute Gasteiger partial charge is 0.323 e. The summed E-state index contributed by atoms with van der Waals surface area (Å²) in [4.78, 5) is 26.1. The minimum absolute atomic E-state index is 0.0386. The van der Waals surface area contributed by atoms with Crippen molar-refractivity contribution in [3.8, 4) is 0 Å². The van der Waals surface area contributed by atoms with Gasteiger partial charge in [-0.2, -0.15) is 0 Å². The maximum Gasteiger partial charge on any atom is 0.266 e. The predicted molar refractivity (Wildman–Crippen MR) is 92.6 cm³/mol. The lowest BCUT2D eigenvalue weighted by atomic mass is 10.0. The van der Waals surface area contributed by atoms with E-state index < -0.39 is 4.87 Å². The Hall–Kier alpha value is -2.27. The minimum atomic E-state index is -0.992. The van der Waals surface area contributed by atoms with Crippen molar-refractivity contribution < 1.29 is 9.59 Å². The van der Waals surface area contributed by atoms with E-state index in [4.69, 9.17) is 0 Å². The van der Waals surface area contributed by atoms with E-state index in [0.29, 0.717) is 5.75 Å². The first-order chi connectivity index (χ1) is 11.0. The Labute approximate surface area is 138 Å². The van der Waals surface area contributed by atoms with Crippen LogP contribution in [0.3, 0.4) is 0 Å². The second-order valence-corrected chi connectivity index (χ2v) is 7.17. The number of benzene rings is 2. The molecule has 2 aliphatic heterocycles. The van der Waals surface area contributed by atoms with E-state index in [1.54, 1.807) is 4.90 Å². The van der Waals surface area contributed by atoms with Crippen LogP contribution in [-0.4, -0.2) is 17.6 Å². The van der Waals surface area contributed by atoms with Crippen molar-refractivity contribution in [3.05, 3.63) is 59.2 Å². The highest BCUT2D eigenvalue weighted by atomic mass is 32.2. The summed E-state index contributed by atoms with van der Waals surface area (Å²) in [7, 11) is 0. The molecule has 4 nitrogen and oxygen atoms in total. The van der Waals surface area contributed by atoms with Gasteiger partial charge in [0, 0.05) is 16.9 Å². The molecule has 0 unspecified atom stereocenters. The molecule has 0 aromatic heterocycles. The number of carbonyl (C=O) groups is 2. The fourth-order valence-electron chi connectivity index (χ4n) is 3.23. The van der Waals surface area contributed by atoms with E-state index in [9.17, 15) is 9.59 Å². The molecule has 1 spiro atoms. The van der Waals surface area contributed by atoms with Crippen LogP contribution in [0.5, 0.6) is 0 Å². The lowest BCUT2D eigenvalue weighted by Gasteiger charge is -2.32. The van der Waals surface area contributed by atoms with Crippen LogP contribution in [0.2, 0.25) is 0 Å². The monoisotopic (exact) mass is 324 g/mol. The Kier molecular flexibility index (Phi) is 3.03. The summed E-state index contributed by atoms with van der Waals surface area (Å²) in [5.41, 5.74) is 4.62. The maximum absolute atomic E-state index is 12.8. The zero-order valence-electron chi connectivity index (χ0n) is 12.9. The topological polar surface area (TPSA) is 49.4 Å². The molecular weight excluding hydrogens is 308 g/mol. The second kappa shape index (κ2) is 4.86. The number of nitrogens with one attached hydrogen (secondary N) is 1. The molecule has 2 aromatic carbocycles. The van der Waals surface area contributed by atoms with Crippen LogP contribution in [0.15, 0.2) is 42.5 Å². The van der Waals surface area contributed by atoms with Gasteiger partial charge >= 0.3 is 0 Å². The van der Waals surface area contributed by atoms with Crippen LogP contribution < -0.4 is 10.2 Å². The number of carbonyl (C=O) groups excluding carboxylic acids is 2. The molecule has 0 saturated carbocycles. The van der Waals surface area contributed by atoms with E-state index in [1.165, 1.54) is 11.8 Å². The fraction of sp³-hybridized carbons (Fsp3) is 0.222. The number of thioether (sulfide) groups is 1. The Morgan fingerprint density at radius 2 is 1.74 bits per heavy atom. The third-order valence-corrected chi connectivity index (χ3v) is 5.75. The summed E-state index contributed by atoms with van der Waals surface area (Å²) in [6.45, 7) is 4.00. The molecule has 116 valence electrons. The first-order valence-corrected chi connectivity index (χ1v) is 8.47. The standard InChI is InChI=1S/C18H16N2O2S/c1-11-3-6-13(7-4-11)20-16(21)10-23-18(20)14-9-12(2)5-8-15(14)19-17(18)22/h3-9H,10H2,1-2H3,(H,19,22)/t18-/m0/s1. The van der Waals surface area contributed by atoms with Gasteiger partial charge in [0.2, 0.25) is 10.8 Å². The smallest absolute Gasteiger partial charge is 0.266 e. The van der Waals surface area contributed by atoms with Crippen molar-refractivity contribution >= 4 is 35.0 Å². The van der Waals surface area contributed by atoms with E-state index in [0.717, 1.165) is 28.1 Å². The van der Waals surface area contributed by atoms with Gasteiger partial charge in [-0.1, -0.05) is 35.4 Å². The predicted octanol–water partition coefficient (Wildman–Crippen LogP) is 3.19. The highest BCUT2D eigenvalue weighted by molar-refractivity contribution is 8.02. The molecule has 2 aliphatic rings. The van der Waals surface area contributed by atoms with Crippen LogP contribution in [0, 0.1) is 13.8 Å². The number of fused-ring (bicyclic) bond motifs is 2. The molecule has 2 amide bonds. The molecule has 23 heavy (non-hydrogen) atoms. The third kappa shape index (κ3) is 1.93. The molecule has 1 atom stereocenters. The van der Waals surface area contributed by atoms with Gasteiger partial charge in [0.25, 0.3) is 5.91 Å². The van der Waals surface area contributed by atoms with Crippen LogP contribution in [0.25, 0.3) is 0 Å². The van der Waals surface area contributed by atoms with Crippen LogP contribution in [0.4, 0.5) is 11.4 Å². The van der Waals surface area contributed by atoms with Crippen molar-refractivity contribution in [2.45, 2.75) is 18.7 Å². The molecule has 5 heteroatoms. The summed E-state index contributed by atoms with van der Waals surface area (Å²) < 4.78 is 0. The molecule has 1 saturated heterocycles. The molecular formula is C18H16N2O2S. The van der Waals surface area contributed by atoms with Crippen molar-refractivity contribution in [2.75, 3.05) is 16.0 Å². The number of hydrogen-bond acceptors (Lipinski definition) is 3. The number of nitrogens with zero attached hydrogens (tertiary/aromatic N) is 1. The summed E-state index contributed by atoms with van der Waals surface area (Å²) in [5.74, 6) is 0.118. The van der Waals surface area contributed by atoms with E-state index in [1.807, 2.05) is 56.3 Å². The maximum atomic E-state index is 12.8. The highest BCUT2D eigenvalue weighted by Crippen LogP contribution is 2.53. The fourth-order valence-corrected chi connectivity index (χ4v) is 4.54. The first-order valence-electron chi connectivity index (χ1n) is 7.48.